The Morgan fingerprint density at radius 2 is 1.95 bits per heavy atom. The van der Waals surface area contributed by atoms with E-state index in [-0.39, 0.29) is 11.8 Å². The van der Waals surface area contributed by atoms with Gasteiger partial charge in [-0.25, -0.2) is 0 Å². The molecule has 1 aromatic rings. The summed E-state index contributed by atoms with van der Waals surface area (Å²) in [4.78, 5) is 27.8. The van der Waals surface area contributed by atoms with Gasteiger partial charge in [0, 0.05) is 46.0 Å². The lowest BCUT2D eigenvalue weighted by atomic mass is 10.2. The van der Waals surface area contributed by atoms with Crippen LogP contribution >= 0.6 is 0 Å². The Labute approximate surface area is 124 Å². The molecular weight excluding hydrogens is 270 g/mol. The Balaban J connectivity index is 1.95. The summed E-state index contributed by atoms with van der Waals surface area (Å²) in [6.45, 7) is 5.77. The smallest absolute Gasteiger partial charge is 0.270 e. The number of nitrogens with two attached hydrogens (primary N) is 1. The van der Waals surface area contributed by atoms with Crippen molar-refractivity contribution in [2.45, 2.75) is 13.5 Å². The monoisotopic (exact) mass is 293 g/mol. The number of piperazine rings is 1. The number of rotatable bonds is 4. The van der Waals surface area contributed by atoms with Crippen molar-refractivity contribution >= 4 is 17.5 Å². The highest BCUT2D eigenvalue weighted by molar-refractivity contribution is 5.94. The second-order valence-corrected chi connectivity index (χ2v) is 5.19. The Morgan fingerprint density at radius 1 is 1.29 bits per heavy atom. The molecule has 3 N–H and O–H groups in total. The first-order chi connectivity index (χ1) is 10.0. The number of hydrogen-bond acceptors (Lipinski definition) is 4. The second-order valence-electron chi connectivity index (χ2n) is 5.19. The minimum Gasteiger partial charge on any atom is -0.397 e. The SMILES string of the molecule is CCn1cc(N)cc1C(=O)N1CCN(CC(=O)NC)CC1. The van der Waals surface area contributed by atoms with E-state index in [1.165, 1.54) is 0 Å². The van der Waals surface area contributed by atoms with Crippen LogP contribution in [0.5, 0.6) is 0 Å². The number of nitrogen functional groups attached to an aromatic ring is 1. The number of aryl methyl sites for hydroxylation is 1. The van der Waals surface area contributed by atoms with Crippen LogP contribution in [0.4, 0.5) is 5.69 Å². The van der Waals surface area contributed by atoms with Crippen LogP contribution in [-0.4, -0.2) is 66.0 Å². The summed E-state index contributed by atoms with van der Waals surface area (Å²) in [5, 5.41) is 2.61. The highest BCUT2D eigenvalue weighted by atomic mass is 16.2. The maximum atomic E-state index is 12.5. The first kappa shape index (κ1) is 15.4. The van der Waals surface area contributed by atoms with Crippen LogP contribution in [0, 0.1) is 0 Å². The van der Waals surface area contributed by atoms with Crippen LogP contribution in [-0.2, 0) is 11.3 Å². The van der Waals surface area contributed by atoms with Gasteiger partial charge in [-0.3, -0.25) is 14.5 Å². The lowest BCUT2D eigenvalue weighted by Gasteiger charge is -2.34. The summed E-state index contributed by atoms with van der Waals surface area (Å²) in [5.41, 5.74) is 7.01. The average molecular weight is 293 g/mol. The predicted molar refractivity (Wildman–Crippen MR) is 80.9 cm³/mol. The van der Waals surface area contributed by atoms with Gasteiger partial charge in [0.05, 0.1) is 12.2 Å². The number of nitrogens with one attached hydrogen (secondary N) is 1. The zero-order valence-corrected chi connectivity index (χ0v) is 12.6. The third-order valence-corrected chi connectivity index (χ3v) is 3.78. The summed E-state index contributed by atoms with van der Waals surface area (Å²) in [5.74, 6) is 0.00977. The van der Waals surface area contributed by atoms with Crippen LogP contribution in [0.2, 0.25) is 0 Å². The van der Waals surface area contributed by atoms with Gasteiger partial charge in [-0.2, -0.15) is 0 Å². The molecule has 0 spiro atoms. The Morgan fingerprint density at radius 3 is 2.52 bits per heavy atom. The molecule has 116 valence electrons. The Kier molecular flexibility index (Phi) is 4.85. The minimum absolute atomic E-state index is 0.00223. The number of hydrogen-bond donors (Lipinski definition) is 2. The molecule has 2 rings (SSSR count). The number of likely N-dealkylation sites (N-methyl/N-ethyl adjacent to an activating group) is 1. The number of aromatic nitrogens is 1. The average Bonchev–Trinajstić information content (AvgIpc) is 2.88. The molecule has 1 aromatic heterocycles. The number of amides is 2. The van der Waals surface area contributed by atoms with Crippen LogP contribution in [0.1, 0.15) is 17.4 Å². The molecule has 0 atom stereocenters. The zero-order chi connectivity index (χ0) is 15.4. The van der Waals surface area contributed by atoms with Crippen molar-refractivity contribution < 1.29 is 9.59 Å². The summed E-state index contributed by atoms with van der Waals surface area (Å²) < 4.78 is 1.87. The van der Waals surface area contributed by atoms with Crippen molar-refractivity contribution in [1.29, 1.82) is 0 Å². The third kappa shape index (κ3) is 3.55. The number of carbonyl (C=O) groups excluding carboxylic acids is 2. The van der Waals surface area contributed by atoms with Crippen LogP contribution < -0.4 is 11.1 Å². The molecule has 7 nitrogen and oxygen atoms in total. The van der Waals surface area contributed by atoms with Gasteiger partial charge in [-0.05, 0) is 13.0 Å². The Hall–Kier alpha value is -2.02. The van der Waals surface area contributed by atoms with E-state index in [2.05, 4.69) is 10.2 Å². The first-order valence-electron chi connectivity index (χ1n) is 7.23. The maximum Gasteiger partial charge on any atom is 0.270 e. The van der Waals surface area contributed by atoms with E-state index in [1.807, 2.05) is 16.4 Å². The molecule has 0 radical (unpaired) electrons. The zero-order valence-electron chi connectivity index (χ0n) is 12.6. The van der Waals surface area contributed by atoms with E-state index < -0.39 is 0 Å². The van der Waals surface area contributed by atoms with Gasteiger partial charge in [-0.1, -0.05) is 0 Å². The van der Waals surface area contributed by atoms with E-state index in [0.29, 0.717) is 44.1 Å². The van der Waals surface area contributed by atoms with Crippen molar-refractivity contribution in [3.63, 3.8) is 0 Å². The molecule has 0 aliphatic carbocycles. The minimum atomic E-state index is 0.00223. The van der Waals surface area contributed by atoms with E-state index >= 15 is 0 Å². The molecular formula is C14H23N5O2. The standard InChI is InChI=1S/C14H23N5O2/c1-3-18-9-11(15)8-12(18)14(21)19-6-4-17(5-7-19)10-13(20)16-2/h8-9H,3-7,10,15H2,1-2H3,(H,16,20). The van der Waals surface area contributed by atoms with Crippen LogP contribution in [0.3, 0.4) is 0 Å². The Bertz CT molecular complexity index is 517. The van der Waals surface area contributed by atoms with Crippen molar-refractivity contribution in [2.24, 2.45) is 0 Å². The van der Waals surface area contributed by atoms with Gasteiger partial charge < -0.3 is 20.5 Å². The molecule has 2 heterocycles. The van der Waals surface area contributed by atoms with Crippen molar-refractivity contribution in [1.82, 2.24) is 19.7 Å². The van der Waals surface area contributed by atoms with Crippen LogP contribution in [0.25, 0.3) is 0 Å². The fraction of sp³-hybridized carbons (Fsp3) is 0.571. The normalized spacial score (nSPS) is 16.0. The van der Waals surface area contributed by atoms with Gasteiger partial charge in [-0.15, -0.1) is 0 Å². The van der Waals surface area contributed by atoms with E-state index in [4.69, 9.17) is 5.73 Å². The van der Waals surface area contributed by atoms with Gasteiger partial charge in [0.2, 0.25) is 5.91 Å². The number of nitrogens with zero attached hydrogens (tertiary/aromatic N) is 3. The van der Waals surface area contributed by atoms with E-state index in [0.717, 1.165) is 6.54 Å². The van der Waals surface area contributed by atoms with E-state index in [1.54, 1.807) is 19.3 Å². The molecule has 1 fully saturated rings. The molecule has 1 saturated heterocycles. The predicted octanol–water partition coefficient (Wildman–Crippen LogP) is -0.406. The van der Waals surface area contributed by atoms with E-state index in [9.17, 15) is 9.59 Å². The molecule has 1 aliphatic rings. The molecule has 7 heteroatoms. The number of anilines is 1. The summed E-state index contributed by atoms with van der Waals surface area (Å²) in [6, 6.07) is 1.72. The van der Waals surface area contributed by atoms with Crippen molar-refractivity contribution in [3.8, 4) is 0 Å². The van der Waals surface area contributed by atoms with Crippen LogP contribution in [0.15, 0.2) is 12.3 Å². The molecule has 0 aromatic carbocycles. The maximum absolute atomic E-state index is 12.5. The first-order valence-corrected chi connectivity index (χ1v) is 7.23. The lowest BCUT2D eigenvalue weighted by molar-refractivity contribution is -0.122. The third-order valence-electron chi connectivity index (χ3n) is 3.78. The van der Waals surface area contributed by atoms with Crippen molar-refractivity contribution in [3.05, 3.63) is 18.0 Å². The van der Waals surface area contributed by atoms with Gasteiger partial charge in [0.25, 0.3) is 5.91 Å². The summed E-state index contributed by atoms with van der Waals surface area (Å²) in [6.07, 6.45) is 1.79. The van der Waals surface area contributed by atoms with Gasteiger partial charge in [0.1, 0.15) is 5.69 Å². The molecule has 0 bridgehead atoms. The summed E-state index contributed by atoms with van der Waals surface area (Å²) >= 11 is 0. The highest BCUT2D eigenvalue weighted by Gasteiger charge is 2.24. The fourth-order valence-corrected chi connectivity index (χ4v) is 2.53. The van der Waals surface area contributed by atoms with Gasteiger partial charge in [0.15, 0.2) is 0 Å². The fourth-order valence-electron chi connectivity index (χ4n) is 2.53. The molecule has 2 amide bonds. The lowest BCUT2D eigenvalue weighted by Crippen LogP contribution is -2.51. The number of carbonyl (C=O) groups is 2. The van der Waals surface area contributed by atoms with Gasteiger partial charge >= 0.3 is 0 Å². The molecule has 0 unspecified atom stereocenters. The largest absolute Gasteiger partial charge is 0.397 e. The molecule has 0 saturated carbocycles. The summed E-state index contributed by atoms with van der Waals surface area (Å²) in [7, 11) is 1.63. The molecule has 21 heavy (non-hydrogen) atoms. The topological polar surface area (TPSA) is 83.6 Å². The van der Waals surface area contributed by atoms with Crippen molar-refractivity contribution in [2.75, 3.05) is 45.5 Å². The second kappa shape index (κ2) is 6.62. The quantitative estimate of drug-likeness (QED) is 0.791. The highest BCUT2D eigenvalue weighted by Crippen LogP contribution is 2.14. The molecule has 1 aliphatic heterocycles.